The summed E-state index contributed by atoms with van der Waals surface area (Å²) in [7, 11) is 0. The Labute approximate surface area is 64.9 Å². The molecular weight excluding hydrogens is 148 g/mol. The van der Waals surface area contributed by atoms with Gasteiger partial charge in [-0.1, -0.05) is 0 Å². The average molecular weight is 162 g/mol. The van der Waals surface area contributed by atoms with Crippen molar-refractivity contribution in [2.75, 3.05) is 13.2 Å². The van der Waals surface area contributed by atoms with Crippen LogP contribution >= 0.6 is 0 Å². The lowest BCUT2D eigenvalue weighted by molar-refractivity contribution is 0.0101. The number of guanidine groups is 1. The Morgan fingerprint density at radius 1 is 1.73 bits per heavy atom. The van der Waals surface area contributed by atoms with Crippen molar-refractivity contribution in [3.63, 3.8) is 0 Å². The van der Waals surface area contributed by atoms with E-state index >= 15 is 0 Å². The van der Waals surface area contributed by atoms with E-state index in [0.717, 1.165) is 0 Å². The molecule has 1 unspecified atom stereocenters. The molecule has 7 N–H and O–H groups in total. The second-order valence-corrected chi connectivity index (χ2v) is 2.50. The maximum atomic E-state index is 9.19. The molecule has 0 aliphatic heterocycles. The molecule has 0 spiro atoms. The molecular formula is C5H14N4O2. The minimum atomic E-state index is -1.23. The fourth-order valence-electron chi connectivity index (χ4n) is 0.351. The highest BCUT2D eigenvalue weighted by atomic mass is 16.3. The van der Waals surface area contributed by atoms with Gasteiger partial charge in [0.1, 0.15) is 5.60 Å². The Morgan fingerprint density at radius 3 is 2.64 bits per heavy atom. The first-order chi connectivity index (χ1) is 5.02. The Balaban J connectivity index is 3.86. The quantitative estimate of drug-likeness (QED) is 0.136. The minimum Gasteiger partial charge on any atom is -0.393 e. The van der Waals surface area contributed by atoms with Crippen LogP contribution in [0.15, 0.2) is 4.99 Å². The van der Waals surface area contributed by atoms with Crippen molar-refractivity contribution in [1.29, 1.82) is 0 Å². The summed E-state index contributed by atoms with van der Waals surface area (Å²) in [5, 5.41) is 17.8. The largest absolute Gasteiger partial charge is 0.393 e. The maximum Gasteiger partial charge on any atom is 0.203 e. The van der Waals surface area contributed by atoms with E-state index in [4.69, 9.17) is 16.7 Å². The van der Waals surface area contributed by atoms with Gasteiger partial charge in [0, 0.05) is 0 Å². The third kappa shape index (κ3) is 4.54. The van der Waals surface area contributed by atoms with Gasteiger partial charge in [0.25, 0.3) is 0 Å². The van der Waals surface area contributed by atoms with Crippen molar-refractivity contribution in [1.82, 2.24) is 5.43 Å². The summed E-state index contributed by atoms with van der Waals surface area (Å²) in [6.45, 7) is 1.09. The molecule has 0 saturated heterocycles. The molecule has 0 bridgehead atoms. The molecule has 11 heavy (non-hydrogen) atoms. The summed E-state index contributed by atoms with van der Waals surface area (Å²) >= 11 is 0. The van der Waals surface area contributed by atoms with Crippen LogP contribution in [0.25, 0.3) is 0 Å². The van der Waals surface area contributed by atoms with Gasteiger partial charge in [-0.05, 0) is 6.92 Å². The normalized spacial score (nSPS) is 17.6. The van der Waals surface area contributed by atoms with E-state index in [1.165, 1.54) is 6.92 Å². The van der Waals surface area contributed by atoms with Crippen molar-refractivity contribution < 1.29 is 10.2 Å². The van der Waals surface area contributed by atoms with Crippen molar-refractivity contribution in [3.8, 4) is 0 Å². The molecule has 0 fully saturated rings. The van der Waals surface area contributed by atoms with Gasteiger partial charge in [-0.3, -0.25) is 5.43 Å². The van der Waals surface area contributed by atoms with Crippen LogP contribution in [-0.4, -0.2) is 34.9 Å². The number of rotatable bonds is 3. The van der Waals surface area contributed by atoms with Gasteiger partial charge < -0.3 is 15.9 Å². The molecule has 0 aromatic rings. The van der Waals surface area contributed by atoms with Crippen LogP contribution in [-0.2, 0) is 0 Å². The van der Waals surface area contributed by atoms with Crippen LogP contribution in [0.5, 0.6) is 0 Å². The minimum absolute atomic E-state index is 0.0134. The summed E-state index contributed by atoms with van der Waals surface area (Å²) < 4.78 is 0. The Hall–Kier alpha value is -0.850. The summed E-state index contributed by atoms with van der Waals surface area (Å²) in [5.41, 5.74) is 6.02. The maximum absolute atomic E-state index is 9.19. The zero-order valence-electron chi connectivity index (χ0n) is 6.41. The molecule has 0 amide bonds. The summed E-state index contributed by atoms with van der Waals surface area (Å²) in [6.07, 6.45) is 0. The van der Waals surface area contributed by atoms with E-state index in [0.29, 0.717) is 0 Å². The van der Waals surface area contributed by atoms with Crippen LogP contribution in [0.4, 0.5) is 0 Å². The van der Waals surface area contributed by atoms with Gasteiger partial charge in [0.15, 0.2) is 0 Å². The fraction of sp³-hybridized carbons (Fsp3) is 0.800. The summed E-state index contributed by atoms with van der Waals surface area (Å²) in [4.78, 5) is 3.63. The molecule has 0 heterocycles. The SMILES string of the molecule is CC(O)(CO)CN=C(N)NN. The molecule has 0 radical (unpaired) electrons. The predicted octanol–water partition coefficient (Wildman–Crippen LogP) is -2.49. The van der Waals surface area contributed by atoms with Gasteiger partial charge in [-0.15, -0.1) is 0 Å². The number of nitrogens with two attached hydrogens (primary N) is 2. The lowest BCUT2D eigenvalue weighted by Gasteiger charge is -2.17. The zero-order valence-corrected chi connectivity index (χ0v) is 6.41. The third-order valence-corrected chi connectivity index (χ3v) is 1.08. The van der Waals surface area contributed by atoms with E-state index in [9.17, 15) is 5.11 Å². The average Bonchev–Trinajstić information content (AvgIpc) is 2.00. The molecule has 0 aromatic heterocycles. The Morgan fingerprint density at radius 2 is 2.27 bits per heavy atom. The number of aliphatic hydroxyl groups is 2. The van der Waals surface area contributed by atoms with E-state index in [1.54, 1.807) is 0 Å². The lowest BCUT2D eigenvalue weighted by atomic mass is 10.1. The second-order valence-electron chi connectivity index (χ2n) is 2.50. The highest BCUT2D eigenvalue weighted by molar-refractivity contribution is 5.77. The van der Waals surface area contributed by atoms with Crippen LogP contribution in [0.2, 0.25) is 0 Å². The monoisotopic (exact) mass is 162 g/mol. The Bertz CT molecular complexity index is 145. The van der Waals surface area contributed by atoms with Gasteiger partial charge in [-0.25, -0.2) is 10.8 Å². The van der Waals surface area contributed by atoms with Gasteiger partial charge >= 0.3 is 0 Å². The molecule has 6 heteroatoms. The molecule has 6 nitrogen and oxygen atoms in total. The Kier molecular flexibility index (Phi) is 3.80. The standard InChI is InChI=1S/C5H14N4O2/c1-5(11,3-10)2-8-4(6)9-7/h10-11H,2-3,7H2,1H3,(H3,6,8,9). The van der Waals surface area contributed by atoms with Gasteiger partial charge in [-0.2, -0.15) is 0 Å². The van der Waals surface area contributed by atoms with E-state index < -0.39 is 5.60 Å². The molecule has 0 aromatic carbocycles. The lowest BCUT2D eigenvalue weighted by Crippen LogP contribution is -2.40. The van der Waals surface area contributed by atoms with Crippen LogP contribution in [0.1, 0.15) is 6.92 Å². The van der Waals surface area contributed by atoms with Crippen molar-refractivity contribution in [2.45, 2.75) is 12.5 Å². The van der Waals surface area contributed by atoms with Gasteiger partial charge in [0.2, 0.25) is 5.96 Å². The number of hydrogen-bond acceptors (Lipinski definition) is 4. The van der Waals surface area contributed by atoms with Crippen molar-refractivity contribution >= 4 is 5.96 Å². The van der Waals surface area contributed by atoms with E-state index in [-0.39, 0.29) is 19.1 Å². The molecule has 66 valence electrons. The molecule has 1 atom stereocenters. The molecule has 0 aliphatic rings. The van der Waals surface area contributed by atoms with Crippen molar-refractivity contribution in [3.05, 3.63) is 0 Å². The molecule has 0 rings (SSSR count). The molecule has 0 saturated carbocycles. The van der Waals surface area contributed by atoms with Crippen LogP contribution in [0, 0.1) is 0 Å². The zero-order chi connectivity index (χ0) is 8.91. The number of nitrogens with zero attached hydrogens (tertiary/aromatic N) is 1. The third-order valence-electron chi connectivity index (χ3n) is 1.08. The highest BCUT2D eigenvalue weighted by Crippen LogP contribution is 2.00. The predicted molar refractivity (Wildman–Crippen MR) is 41.5 cm³/mol. The molecule has 0 aliphatic carbocycles. The van der Waals surface area contributed by atoms with Crippen LogP contribution in [0.3, 0.4) is 0 Å². The van der Waals surface area contributed by atoms with E-state index in [1.807, 2.05) is 0 Å². The smallest absolute Gasteiger partial charge is 0.203 e. The first kappa shape index (κ1) is 10.2. The first-order valence-corrected chi connectivity index (χ1v) is 3.11. The van der Waals surface area contributed by atoms with Crippen molar-refractivity contribution in [2.24, 2.45) is 16.6 Å². The number of nitrogens with one attached hydrogen (secondary N) is 1. The summed E-state index contributed by atoms with van der Waals surface area (Å²) in [5.74, 6) is 4.92. The first-order valence-electron chi connectivity index (χ1n) is 3.11. The highest BCUT2D eigenvalue weighted by Gasteiger charge is 2.17. The van der Waals surface area contributed by atoms with Gasteiger partial charge in [0.05, 0.1) is 13.2 Å². The van der Waals surface area contributed by atoms with Crippen LogP contribution < -0.4 is 17.0 Å². The number of hydrogen-bond donors (Lipinski definition) is 5. The number of aliphatic imine (C=N–C) groups is 1. The van der Waals surface area contributed by atoms with E-state index in [2.05, 4.69) is 10.4 Å². The number of hydrazine groups is 1. The topological polar surface area (TPSA) is 117 Å². The fourth-order valence-corrected chi connectivity index (χ4v) is 0.351. The summed E-state index contributed by atoms with van der Waals surface area (Å²) in [6, 6.07) is 0. The second kappa shape index (κ2) is 4.12. The number of aliphatic hydroxyl groups excluding tert-OH is 1.